The molecule has 4 nitrogen and oxygen atoms in total. The third kappa shape index (κ3) is 5.00. The topological polar surface area (TPSA) is 40.5 Å². The molecule has 1 aromatic heterocycles. The van der Waals surface area contributed by atoms with Crippen molar-refractivity contribution in [3.63, 3.8) is 0 Å². The highest BCUT2D eigenvalue weighted by molar-refractivity contribution is 5.37. The SMILES string of the molecule is CCCCn1c(Oc2ccc(C)cc2)cc(Oc2ccc(C)cc2)cc1=O. The second kappa shape index (κ2) is 8.58. The summed E-state index contributed by atoms with van der Waals surface area (Å²) < 4.78 is 13.6. The second-order valence-corrected chi connectivity index (χ2v) is 6.70. The van der Waals surface area contributed by atoms with Crippen molar-refractivity contribution in [2.45, 2.75) is 40.2 Å². The summed E-state index contributed by atoms with van der Waals surface area (Å²) in [6, 6.07) is 18.8. The summed E-state index contributed by atoms with van der Waals surface area (Å²) in [5, 5.41) is 0. The van der Waals surface area contributed by atoms with E-state index >= 15 is 0 Å². The number of aryl methyl sites for hydroxylation is 2. The lowest BCUT2D eigenvalue weighted by Gasteiger charge is -2.15. The van der Waals surface area contributed by atoms with Crippen molar-refractivity contribution in [1.82, 2.24) is 4.57 Å². The van der Waals surface area contributed by atoms with Crippen molar-refractivity contribution in [1.29, 1.82) is 0 Å². The van der Waals surface area contributed by atoms with Gasteiger partial charge in [0.25, 0.3) is 5.56 Å². The van der Waals surface area contributed by atoms with Crippen LogP contribution in [-0.4, -0.2) is 4.57 Å². The molecule has 3 rings (SSSR count). The van der Waals surface area contributed by atoms with E-state index in [1.54, 1.807) is 10.6 Å². The molecule has 0 amide bonds. The zero-order valence-electron chi connectivity index (χ0n) is 16.1. The molecule has 1 heterocycles. The molecule has 27 heavy (non-hydrogen) atoms. The van der Waals surface area contributed by atoms with Crippen LogP contribution in [-0.2, 0) is 6.54 Å². The van der Waals surface area contributed by atoms with E-state index < -0.39 is 0 Å². The van der Waals surface area contributed by atoms with Gasteiger partial charge in [-0.15, -0.1) is 0 Å². The molecule has 0 radical (unpaired) electrons. The van der Waals surface area contributed by atoms with E-state index in [1.165, 1.54) is 6.07 Å². The molecule has 0 fully saturated rings. The Morgan fingerprint density at radius 1 is 0.778 bits per heavy atom. The summed E-state index contributed by atoms with van der Waals surface area (Å²) in [4.78, 5) is 12.7. The van der Waals surface area contributed by atoms with Crippen LogP contribution in [0, 0.1) is 13.8 Å². The van der Waals surface area contributed by atoms with Gasteiger partial charge in [-0.3, -0.25) is 9.36 Å². The molecule has 0 spiro atoms. The van der Waals surface area contributed by atoms with Gasteiger partial charge in [-0.05, 0) is 44.5 Å². The Bertz CT molecular complexity index is 941. The lowest BCUT2D eigenvalue weighted by atomic mass is 10.2. The fourth-order valence-corrected chi connectivity index (χ4v) is 2.70. The van der Waals surface area contributed by atoms with Crippen LogP contribution in [0.3, 0.4) is 0 Å². The molecule has 3 aromatic rings. The lowest BCUT2D eigenvalue weighted by molar-refractivity contribution is 0.403. The maximum absolute atomic E-state index is 12.7. The number of nitrogens with zero attached hydrogens (tertiary/aromatic N) is 1. The highest BCUT2D eigenvalue weighted by Gasteiger charge is 2.11. The molecule has 0 saturated carbocycles. The molecule has 4 heteroatoms. The van der Waals surface area contributed by atoms with Gasteiger partial charge in [0.05, 0.1) is 0 Å². The third-order valence-corrected chi connectivity index (χ3v) is 4.30. The summed E-state index contributed by atoms with van der Waals surface area (Å²) >= 11 is 0. The highest BCUT2D eigenvalue weighted by atomic mass is 16.5. The first kappa shape index (κ1) is 18.8. The Morgan fingerprint density at radius 2 is 1.33 bits per heavy atom. The molecule has 0 unspecified atom stereocenters. The molecule has 2 aromatic carbocycles. The summed E-state index contributed by atoms with van der Waals surface area (Å²) in [5.41, 5.74) is 2.18. The lowest BCUT2D eigenvalue weighted by Crippen LogP contribution is -2.20. The Labute approximate surface area is 160 Å². The summed E-state index contributed by atoms with van der Waals surface area (Å²) in [5.74, 6) is 2.34. The normalized spacial score (nSPS) is 10.6. The fourth-order valence-electron chi connectivity index (χ4n) is 2.70. The van der Waals surface area contributed by atoms with Gasteiger partial charge in [-0.25, -0.2) is 0 Å². The van der Waals surface area contributed by atoms with Crippen LogP contribution in [0.1, 0.15) is 30.9 Å². The molecule has 0 aliphatic heterocycles. The van der Waals surface area contributed by atoms with Crippen LogP contribution in [0.15, 0.2) is 65.5 Å². The highest BCUT2D eigenvalue weighted by Crippen LogP contribution is 2.27. The Morgan fingerprint density at radius 3 is 1.89 bits per heavy atom. The molecule has 0 aliphatic carbocycles. The number of hydrogen-bond donors (Lipinski definition) is 0. The minimum Gasteiger partial charge on any atom is -0.457 e. The van der Waals surface area contributed by atoms with E-state index in [9.17, 15) is 4.79 Å². The summed E-state index contributed by atoms with van der Waals surface area (Å²) in [6.07, 6.45) is 1.90. The van der Waals surface area contributed by atoms with E-state index in [-0.39, 0.29) is 5.56 Å². The average Bonchev–Trinajstić information content (AvgIpc) is 2.65. The maximum Gasteiger partial charge on any atom is 0.257 e. The number of unbranched alkanes of at least 4 members (excludes halogenated alkanes) is 1. The standard InChI is InChI=1S/C23H25NO3/c1-4-5-14-24-22(25)15-21(26-19-10-6-17(2)7-11-19)16-23(24)27-20-12-8-18(3)9-13-20/h6-13,15-16H,4-5,14H2,1-3H3. The van der Waals surface area contributed by atoms with Gasteiger partial charge in [0.2, 0.25) is 5.88 Å². The summed E-state index contributed by atoms with van der Waals surface area (Å²) in [7, 11) is 0. The largest absolute Gasteiger partial charge is 0.457 e. The van der Waals surface area contributed by atoms with Gasteiger partial charge >= 0.3 is 0 Å². The van der Waals surface area contributed by atoms with Crippen molar-refractivity contribution < 1.29 is 9.47 Å². The monoisotopic (exact) mass is 363 g/mol. The minimum atomic E-state index is -0.129. The van der Waals surface area contributed by atoms with Gasteiger partial charge < -0.3 is 9.47 Å². The molecular weight excluding hydrogens is 338 g/mol. The van der Waals surface area contributed by atoms with Crippen molar-refractivity contribution in [3.8, 4) is 23.1 Å². The zero-order chi connectivity index (χ0) is 19.2. The first-order valence-electron chi connectivity index (χ1n) is 9.29. The molecule has 0 bridgehead atoms. The van der Waals surface area contributed by atoms with Crippen LogP contribution >= 0.6 is 0 Å². The van der Waals surface area contributed by atoms with Gasteiger partial charge in [0.15, 0.2) is 0 Å². The van der Waals surface area contributed by atoms with Gasteiger partial charge in [-0.2, -0.15) is 0 Å². The van der Waals surface area contributed by atoms with E-state index in [0.29, 0.717) is 29.7 Å². The fraction of sp³-hybridized carbons (Fsp3) is 0.261. The average molecular weight is 363 g/mol. The van der Waals surface area contributed by atoms with E-state index in [2.05, 4.69) is 6.92 Å². The Balaban J connectivity index is 1.93. The molecule has 0 saturated heterocycles. The van der Waals surface area contributed by atoms with Gasteiger partial charge in [0.1, 0.15) is 17.2 Å². The van der Waals surface area contributed by atoms with E-state index in [1.807, 2.05) is 62.4 Å². The second-order valence-electron chi connectivity index (χ2n) is 6.70. The van der Waals surface area contributed by atoms with Gasteiger partial charge in [0, 0.05) is 18.7 Å². The number of ether oxygens (including phenoxy) is 2. The van der Waals surface area contributed by atoms with Crippen LogP contribution in [0.2, 0.25) is 0 Å². The van der Waals surface area contributed by atoms with E-state index in [0.717, 1.165) is 24.0 Å². The predicted octanol–water partition coefficient (Wildman–Crippen LogP) is 5.85. The molecule has 0 N–H and O–H groups in total. The summed E-state index contributed by atoms with van der Waals surface area (Å²) in [6.45, 7) is 6.75. The van der Waals surface area contributed by atoms with Crippen molar-refractivity contribution in [2.75, 3.05) is 0 Å². The van der Waals surface area contributed by atoms with Crippen LogP contribution in [0.5, 0.6) is 23.1 Å². The van der Waals surface area contributed by atoms with Crippen molar-refractivity contribution in [2.24, 2.45) is 0 Å². The molecular formula is C23H25NO3. The quantitative estimate of drug-likeness (QED) is 0.529. The molecule has 0 aliphatic rings. The molecule has 140 valence electrons. The number of benzene rings is 2. The van der Waals surface area contributed by atoms with Crippen molar-refractivity contribution in [3.05, 3.63) is 82.1 Å². The van der Waals surface area contributed by atoms with Gasteiger partial charge in [-0.1, -0.05) is 48.7 Å². The Hall–Kier alpha value is -3.01. The number of rotatable bonds is 7. The Kier molecular flexibility index (Phi) is 5.97. The van der Waals surface area contributed by atoms with E-state index in [4.69, 9.17) is 9.47 Å². The molecule has 0 atom stereocenters. The number of hydrogen-bond acceptors (Lipinski definition) is 3. The van der Waals surface area contributed by atoms with Crippen LogP contribution in [0.4, 0.5) is 0 Å². The first-order valence-corrected chi connectivity index (χ1v) is 9.29. The predicted molar refractivity (Wildman–Crippen MR) is 108 cm³/mol. The number of aromatic nitrogens is 1. The zero-order valence-corrected chi connectivity index (χ0v) is 16.1. The van der Waals surface area contributed by atoms with Crippen LogP contribution < -0.4 is 15.0 Å². The smallest absolute Gasteiger partial charge is 0.257 e. The minimum absolute atomic E-state index is 0.129. The third-order valence-electron chi connectivity index (χ3n) is 4.30. The number of pyridine rings is 1. The van der Waals surface area contributed by atoms with Crippen molar-refractivity contribution >= 4 is 0 Å². The van der Waals surface area contributed by atoms with Crippen LogP contribution in [0.25, 0.3) is 0 Å². The first-order chi connectivity index (χ1) is 13.0. The maximum atomic E-state index is 12.7.